The lowest BCUT2D eigenvalue weighted by Crippen LogP contribution is -2.37. The number of amides is 1. The average Bonchev–Trinajstić information content (AvgIpc) is 2.97. The van der Waals surface area contributed by atoms with Crippen LogP contribution in [0.25, 0.3) is 0 Å². The number of nitrogens with zero attached hydrogens (tertiary/aromatic N) is 1. The molecule has 0 aliphatic heterocycles. The first kappa shape index (κ1) is 34.7. The molecule has 0 saturated carbocycles. The van der Waals surface area contributed by atoms with E-state index in [0.29, 0.717) is 16.5 Å². The quantitative estimate of drug-likeness (QED) is 0.159. The molecular formula is C31H35Cl2NO10. The monoisotopic (exact) mass is 651 g/mol. The van der Waals surface area contributed by atoms with Crippen LogP contribution in [0.15, 0.2) is 42.5 Å². The number of fused-ring (bicyclic) bond motifs is 1. The van der Waals surface area contributed by atoms with Crippen LogP contribution < -0.4 is 0 Å². The molecule has 0 saturated heterocycles. The van der Waals surface area contributed by atoms with Crippen molar-refractivity contribution in [2.45, 2.75) is 70.8 Å². The highest BCUT2D eigenvalue weighted by Gasteiger charge is 2.33. The number of rotatable bonds is 12. The Morgan fingerprint density at radius 1 is 0.818 bits per heavy atom. The molecular weight excluding hydrogens is 617 g/mol. The van der Waals surface area contributed by atoms with Gasteiger partial charge >= 0.3 is 30.0 Å². The maximum absolute atomic E-state index is 13.0. The summed E-state index contributed by atoms with van der Waals surface area (Å²) in [5.41, 5.74) is 3.07. The molecule has 3 atom stereocenters. The van der Waals surface area contributed by atoms with Crippen molar-refractivity contribution >= 4 is 53.2 Å². The fourth-order valence-corrected chi connectivity index (χ4v) is 5.16. The van der Waals surface area contributed by atoms with Crippen LogP contribution in [0.3, 0.4) is 0 Å². The Morgan fingerprint density at radius 3 is 2.00 bits per heavy atom. The highest BCUT2D eigenvalue weighted by molar-refractivity contribution is 6.42. The van der Waals surface area contributed by atoms with Crippen molar-refractivity contribution in [2.75, 3.05) is 20.3 Å². The van der Waals surface area contributed by atoms with Crippen molar-refractivity contribution in [3.8, 4) is 0 Å². The van der Waals surface area contributed by atoms with Crippen molar-refractivity contribution in [1.29, 1.82) is 0 Å². The zero-order valence-electron chi connectivity index (χ0n) is 24.9. The van der Waals surface area contributed by atoms with Crippen LogP contribution in [0.1, 0.15) is 75.1 Å². The number of halogens is 2. The van der Waals surface area contributed by atoms with Crippen LogP contribution in [0.4, 0.5) is 4.79 Å². The number of carbonyl (C=O) groups is 5. The van der Waals surface area contributed by atoms with E-state index < -0.39 is 42.4 Å². The van der Waals surface area contributed by atoms with Gasteiger partial charge in [-0.2, -0.15) is 0 Å². The molecule has 0 radical (unpaired) electrons. The number of benzene rings is 2. The molecule has 1 aliphatic rings. The summed E-state index contributed by atoms with van der Waals surface area (Å²) in [4.78, 5) is 61.1. The van der Waals surface area contributed by atoms with E-state index in [2.05, 4.69) is 0 Å². The zero-order valence-corrected chi connectivity index (χ0v) is 26.4. The van der Waals surface area contributed by atoms with E-state index in [4.69, 9.17) is 46.9 Å². The summed E-state index contributed by atoms with van der Waals surface area (Å²) in [6.07, 6.45) is -2.27. The van der Waals surface area contributed by atoms with Crippen LogP contribution in [0.5, 0.6) is 0 Å². The van der Waals surface area contributed by atoms with Crippen LogP contribution >= 0.6 is 23.2 Å². The third-order valence-electron chi connectivity index (χ3n) is 6.90. The maximum Gasteiger partial charge on any atom is 0.413 e. The highest BCUT2D eigenvalue weighted by atomic mass is 35.5. The second-order valence-corrected chi connectivity index (χ2v) is 11.0. The van der Waals surface area contributed by atoms with E-state index in [1.807, 2.05) is 36.4 Å². The zero-order chi connectivity index (χ0) is 32.4. The normalized spacial score (nSPS) is 16.2. The Balaban J connectivity index is 1.52. The first-order valence-electron chi connectivity index (χ1n) is 14.0. The third-order valence-corrected chi connectivity index (χ3v) is 7.64. The van der Waals surface area contributed by atoms with Crippen molar-refractivity contribution in [3.63, 3.8) is 0 Å². The molecule has 2 aromatic rings. The van der Waals surface area contributed by atoms with Crippen LogP contribution in [0, 0.1) is 0 Å². The van der Waals surface area contributed by atoms with Gasteiger partial charge in [-0.05, 0) is 41.7 Å². The van der Waals surface area contributed by atoms with Crippen molar-refractivity contribution < 1.29 is 47.7 Å². The lowest BCUT2D eigenvalue weighted by atomic mass is 9.76. The Labute approximate surface area is 265 Å². The van der Waals surface area contributed by atoms with Gasteiger partial charge in [-0.3, -0.25) is 19.2 Å². The number of hydrogen-bond donors (Lipinski definition) is 0. The summed E-state index contributed by atoms with van der Waals surface area (Å²) in [7, 11) is 1.62. The summed E-state index contributed by atoms with van der Waals surface area (Å²) < 4.78 is 25.3. The van der Waals surface area contributed by atoms with E-state index >= 15 is 0 Å². The Bertz CT molecular complexity index is 1350. The van der Waals surface area contributed by atoms with E-state index in [0.717, 1.165) is 23.1 Å². The number of esters is 4. The van der Waals surface area contributed by atoms with Gasteiger partial charge in [-0.15, -0.1) is 0 Å². The van der Waals surface area contributed by atoms with Crippen molar-refractivity contribution in [2.24, 2.45) is 0 Å². The predicted octanol–water partition coefficient (Wildman–Crippen LogP) is 5.74. The molecule has 238 valence electrons. The lowest BCUT2D eigenvalue weighted by molar-refractivity contribution is -0.170. The second kappa shape index (κ2) is 16.3. The topological polar surface area (TPSA) is 135 Å². The van der Waals surface area contributed by atoms with Gasteiger partial charge in [0, 0.05) is 33.7 Å². The van der Waals surface area contributed by atoms with Crippen molar-refractivity contribution in [1.82, 2.24) is 4.90 Å². The SMILES string of the molecule is CC(=O)OCC(COC(C)=O)OC(=O)CCC(=O)OC(C)OC(=O)N(C)C1CC[C@@H](c2ccc(Cl)c(Cl)c2)c2ccccc21. The summed E-state index contributed by atoms with van der Waals surface area (Å²) in [6.45, 7) is 3.11. The molecule has 0 spiro atoms. The molecule has 13 heteroatoms. The summed E-state index contributed by atoms with van der Waals surface area (Å²) >= 11 is 12.4. The first-order valence-corrected chi connectivity index (χ1v) is 14.7. The fourth-order valence-electron chi connectivity index (χ4n) is 4.85. The Morgan fingerprint density at radius 2 is 1.41 bits per heavy atom. The van der Waals surface area contributed by atoms with Gasteiger partial charge in [0.05, 0.1) is 28.9 Å². The number of carbonyl (C=O) groups excluding carboxylic acids is 5. The minimum atomic E-state index is -1.23. The molecule has 44 heavy (non-hydrogen) atoms. The molecule has 2 aromatic carbocycles. The number of ether oxygens (including phenoxy) is 5. The van der Waals surface area contributed by atoms with Crippen LogP contribution in [-0.2, 0) is 42.9 Å². The smallest absolute Gasteiger partial charge is 0.413 e. The highest BCUT2D eigenvalue weighted by Crippen LogP contribution is 2.44. The van der Waals surface area contributed by atoms with E-state index in [-0.39, 0.29) is 38.0 Å². The van der Waals surface area contributed by atoms with Gasteiger partial charge in [0.25, 0.3) is 0 Å². The summed E-state index contributed by atoms with van der Waals surface area (Å²) in [5.74, 6) is -2.73. The standard InChI is InChI=1S/C31H35Cl2NO10/c1-18(35)40-16-22(17-41-19(2)36)44-30(38)14-13-29(37)42-20(3)43-31(39)34(4)28-12-10-23(24-7-5-6-8-25(24)28)21-9-11-26(32)27(33)15-21/h5-9,11,15,20,22-23,28H,10,12-14,16-17H2,1-4H3/t20?,23-,28?/m0/s1. The predicted molar refractivity (Wildman–Crippen MR) is 159 cm³/mol. The molecule has 11 nitrogen and oxygen atoms in total. The van der Waals surface area contributed by atoms with Gasteiger partial charge in [-0.1, -0.05) is 53.5 Å². The maximum atomic E-state index is 13.0. The minimum Gasteiger partial charge on any atom is -0.462 e. The molecule has 0 heterocycles. The molecule has 1 amide bonds. The van der Waals surface area contributed by atoms with Gasteiger partial charge in [0.2, 0.25) is 6.29 Å². The van der Waals surface area contributed by atoms with Gasteiger partial charge in [-0.25, -0.2) is 4.79 Å². The molecule has 2 unspecified atom stereocenters. The molecule has 3 rings (SSSR count). The molecule has 0 N–H and O–H groups in total. The lowest BCUT2D eigenvalue weighted by Gasteiger charge is -2.36. The van der Waals surface area contributed by atoms with Crippen molar-refractivity contribution in [3.05, 3.63) is 69.2 Å². The Kier molecular flexibility index (Phi) is 12.8. The van der Waals surface area contributed by atoms with E-state index in [1.54, 1.807) is 13.1 Å². The molecule has 0 bridgehead atoms. The first-order chi connectivity index (χ1) is 20.8. The molecule has 0 fully saturated rings. The third kappa shape index (κ3) is 10.1. The summed E-state index contributed by atoms with van der Waals surface area (Å²) in [6, 6.07) is 13.2. The van der Waals surface area contributed by atoms with Crippen LogP contribution in [0.2, 0.25) is 10.0 Å². The van der Waals surface area contributed by atoms with E-state index in [9.17, 15) is 24.0 Å². The second-order valence-electron chi connectivity index (χ2n) is 10.2. The molecule has 0 aromatic heterocycles. The largest absolute Gasteiger partial charge is 0.462 e. The average molecular weight is 653 g/mol. The summed E-state index contributed by atoms with van der Waals surface area (Å²) in [5, 5.41) is 0.961. The van der Waals surface area contributed by atoms with E-state index in [1.165, 1.54) is 25.7 Å². The van der Waals surface area contributed by atoms with Crippen LogP contribution in [-0.4, -0.2) is 67.5 Å². The van der Waals surface area contributed by atoms with Gasteiger partial charge < -0.3 is 28.6 Å². The minimum absolute atomic E-state index is 0.0757. The fraction of sp³-hybridized carbons (Fsp3) is 0.452. The number of hydrogen-bond acceptors (Lipinski definition) is 10. The van der Waals surface area contributed by atoms with Gasteiger partial charge in [0.1, 0.15) is 13.2 Å². The molecule has 1 aliphatic carbocycles. The van der Waals surface area contributed by atoms with Gasteiger partial charge in [0.15, 0.2) is 6.10 Å². The Hall–Kier alpha value is -3.83.